The highest BCUT2D eigenvalue weighted by molar-refractivity contribution is 5.78. The van der Waals surface area contributed by atoms with Gasteiger partial charge in [-0.1, -0.05) is 69.3 Å². The lowest BCUT2D eigenvalue weighted by atomic mass is 9.85. The SMILES string of the molecule is CNc1nc(N[C@H]2CC[C@@H](C(=O)NCc3ccccc3CF)CC2)nc(-c2ccc(C(C)(C)C)cc2)n1. The van der Waals surface area contributed by atoms with E-state index < -0.39 is 6.67 Å². The minimum Gasteiger partial charge on any atom is -0.357 e. The van der Waals surface area contributed by atoms with Gasteiger partial charge in [0.1, 0.15) is 6.67 Å². The first kappa shape index (κ1) is 26.5. The van der Waals surface area contributed by atoms with Crippen LogP contribution in [0, 0.1) is 5.92 Å². The van der Waals surface area contributed by atoms with Gasteiger partial charge in [-0.3, -0.25) is 4.79 Å². The molecule has 1 heterocycles. The molecule has 196 valence electrons. The van der Waals surface area contributed by atoms with Gasteiger partial charge in [-0.05, 0) is 47.8 Å². The lowest BCUT2D eigenvalue weighted by molar-refractivity contribution is -0.126. The molecule has 1 saturated carbocycles. The summed E-state index contributed by atoms with van der Waals surface area (Å²) in [6.45, 7) is 6.40. The fraction of sp³-hybridized carbons (Fsp3) is 0.448. The molecule has 0 bridgehead atoms. The molecule has 1 fully saturated rings. The second kappa shape index (κ2) is 11.7. The molecule has 8 heteroatoms. The number of rotatable bonds is 8. The maximum Gasteiger partial charge on any atom is 0.228 e. The standard InChI is InChI=1S/C29H37FN6O/c1-29(2,3)23-13-9-19(10-14-23)25-34-27(31-4)36-28(35-25)33-24-15-11-20(12-16-24)26(37)32-18-22-8-6-5-7-21(22)17-30/h5-10,13-14,20,24H,11-12,15-18H2,1-4H3,(H,32,37)(H2,31,33,34,35,36)/t20-,24+. The average molecular weight is 505 g/mol. The molecule has 1 amide bonds. The number of amides is 1. The quantitative estimate of drug-likeness (QED) is 0.368. The zero-order valence-electron chi connectivity index (χ0n) is 22.1. The molecule has 0 atom stereocenters. The number of nitrogens with one attached hydrogen (secondary N) is 3. The maximum atomic E-state index is 13.2. The Hall–Kier alpha value is -3.55. The van der Waals surface area contributed by atoms with Crippen molar-refractivity contribution in [1.29, 1.82) is 0 Å². The summed E-state index contributed by atoms with van der Waals surface area (Å²) in [5.41, 5.74) is 3.72. The van der Waals surface area contributed by atoms with Crippen LogP contribution in [-0.2, 0) is 23.4 Å². The third kappa shape index (κ3) is 6.81. The van der Waals surface area contributed by atoms with E-state index in [4.69, 9.17) is 0 Å². The number of benzene rings is 2. The van der Waals surface area contributed by atoms with Crippen molar-refractivity contribution in [2.45, 2.75) is 71.1 Å². The molecule has 37 heavy (non-hydrogen) atoms. The van der Waals surface area contributed by atoms with Crippen molar-refractivity contribution < 1.29 is 9.18 Å². The highest BCUT2D eigenvalue weighted by atomic mass is 19.1. The summed E-state index contributed by atoms with van der Waals surface area (Å²) < 4.78 is 13.2. The molecule has 1 aliphatic rings. The largest absolute Gasteiger partial charge is 0.357 e. The van der Waals surface area contributed by atoms with Gasteiger partial charge in [0, 0.05) is 31.1 Å². The Labute approximate surface area is 218 Å². The van der Waals surface area contributed by atoms with E-state index in [1.165, 1.54) is 5.56 Å². The topological polar surface area (TPSA) is 91.8 Å². The Morgan fingerprint density at radius 3 is 2.19 bits per heavy atom. The fourth-order valence-corrected chi connectivity index (χ4v) is 4.67. The van der Waals surface area contributed by atoms with Crippen LogP contribution >= 0.6 is 0 Å². The Balaban J connectivity index is 1.35. The molecule has 1 aromatic heterocycles. The zero-order chi connectivity index (χ0) is 26.4. The van der Waals surface area contributed by atoms with E-state index in [1.807, 2.05) is 18.2 Å². The summed E-state index contributed by atoms with van der Waals surface area (Å²) in [7, 11) is 1.79. The van der Waals surface area contributed by atoms with E-state index in [0.717, 1.165) is 36.8 Å². The van der Waals surface area contributed by atoms with Crippen LogP contribution in [0.2, 0.25) is 0 Å². The molecule has 2 aromatic carbocycles. The van der Waals surface area contributed by atoms with Gasteiger partial charge in [-0.2, -0.15) is 15.0 Å². The Bertz CT molecular complexity index is 1200. The average Bonchev–Trinajstić information content (AvgIpc) is 2.91. The molecule has 7 nitrogen and oxygen atoms in total. The number of carbonyl (C=O) groups is 1. The highest BCUT2D eigenvalue weighted by Crippen LogP contribution is 2.28. The molecule has 1 aliphatic carbocycles. The van der Waals surface area contributed by atoms with Gasteiger partial charge in [0.25, 0.3) is 0 Å². The van der Waals surface area contributed by atoms with Crippen LogP contribution in [0.5, 0.6) is 0 Å². The molecule has 0 radical (unpaired) electrons. The summed E-state index contributed by atoms with van der Waals surface area (Å²) in [4.78, 5) is 26.5. The van der Waals surface area contributed by atoms with E-state index in [1.54, 1.807) is 13.1 Å². The van der Waals surface area contributed by atoms with Crippen LogP contribution in [0.1, 0.15) is 63.1 Å². The molecular formula is C29H37FN6O. The molecule has 0 saturated heterocycles. The summed E-state index contributed by atoms with van der Waals surface area (Å²) in [5, 5.41) is 9.48. The van der Waals surface area contributed by atoms with Crippen LogP contribution in [0.4, 0.5) is 16.3 Å². The number of hydrogen-bond acceptors (Lipinski definition) is 6. The Morgan fingerprint density at radius 2 is 1.57 bits per heavy atom. The molecular weight excluding hydrogens is 467 g/mol. The predicted molar refractivity (Wildman–Crippen MR) is 146 cm³/mol. The lowest BCUT2D eigenvalue weighted by Gasteiger charge is -2.28. The van der Waals surface area contributed by atoms with Gasteiger partial charge < -0.3 is 16.0 Å². The van der Waals surface area contributed by atoms with Crippen LogP contribution in [0.15, 0.2) is 48.5 Å². The third-order valence-electron chi connectivity index (χ3n) is 7.01. The van der Waals surface area contributed by atoms with Crippen molar-refractivity contribution in [3.8, 4) is 11.4 Å². The van der Waals surface area contributed by atoms with Crippen molar-refractivity contribution in [3.05, 3.63) is 65.2 Å². The third-order valence-corrected chi connectivity index (χ3v) is 7.01. The number of alkyl halides is 1. The number of anilines is 2. The number of nitrogens with zero attached hydrogens (tertiary/aromatic N) is 3. The fourth-order valence-electron chi connectivity index (χ4n) is 4.67. The van der Waals surface area contributed by atoms with Crippen molar-refractivity contribution >= 4 is 17.8 Å². The van der Waals surface area contributed by atoms with Gasteiger partial charge >= 0.3 is 0 Å². The Kier molecular flexibility index (Phi) is 8.36. The molecule has 3 N–H and O–H groups in total. The summed E-state index contributed by atoms with van der Waals surface area (Å²) >= 11 is 0. The molecule has 0 unspecified atom stereocenters. The smallest absolute Gasteiger partial charge is 0.228 e. The highest BCUT2D eigenvalue weighted by Gasteiger charge is 2.27. The molecule has 4 rings (SSSR count). The number of halogens is 1. The number of aromatic nitrogens is 3. The molecule has 0 spiro atoms. The van der Waals surface area contributed by atoms with Crippen LogP contribution in [0.25, 0.3) is 11.4 Å². The second-order valence-electron chi connectivity index (χ2n) is 10.7. The second-order valence-corrected chi connectivity index (χ2v) is 10.7. The van der Waals surface area contributed by atoms with Crippen LogP contribution < -0.4 is 16.0 Å². The van der Waals surface area contributed by atoms with Gasteiger partial charge in [-0.25, -0.2) is 4.39 Å². The first-order chi connectivity index (χ1) is 17.8. The van der Waals surface area contributed by atoms with Crippen molar-refractivity contribution in [2.24, 2.45) is 5.92 Å². The first-order valence-corrected chi connectivity index (χ1v) is 13.0. The van der Waals surface area contributed by atoms with E-state index in [-0.39, 0.29) is 23.3 Å². The summed E-state index contributed by atoms with van der Waals surface area (Å²) in [6, 6.07) is 15.8. The minimum atomic E-state index is -0.529. The van der Waals surface area contributed by atoms with Crippen LogP contribution in [-0.4, -0.2) is 33.9 Å². The predicted octanol–water partition coefficient (Wildman–Crippen LogP) is 5.63. The van der Waals surface area contributed by atoms with Gasteiger partial charge in [0.15, 0.2) is 5.82 Å². The zero-order valence-corrected chi connectivity index (χ0v) is 22.1. The summed E-state index contributed by atoms with van der Waals surface area (Å²) in [6.07, 6.45) is 3.24. The first-order valence-electron chi connectivity index (χ1n) is 13.0. The molecule has 0 aliphatic heterocycles. The van der Waals surface area contributed by atoms with Crippen molar-refractivity contribution in [3.63, 3.8) is 0 Å². The number of carbonyl (C=O) groups excluding carboxylic acids is 1. The van der Waals surface area contributed by atoms with E-state index in [0.29, 0.717) is 29.8 Å². The summed E-state index contributed by atoms with van der Waals surface area (Å²) in [5.74, 6) is 1.65. The van der Waals surface area contributed by atoms with Crippen LogP contribution in [0.3, 0.4) is 0 Å². The normalized spacial score (nSPS) is 17.8. The van der Waals surface area contributed by atoms with E-state index in [2.05, 4.69) is 75.9 Å². The van der Waals surface area contributed by atoms with Gasteiger partial charge in [0.05, 0.1) is 0 Å². The van der Waals surface area contributed by atoms with Crippen molar-refractivity contribution in [2.75, 3.05) is 17.7 Å². The maximum absolute atomic E-state index is 13.2. The number of hydrogen-bond donors (Lipinski definition) is 3. The van der Waals surface area contributed by atoms with Crippen molar-refractivity contribution in [1.82, 2.24) is 20.3 Å². The van der Waals surface area contributed by atoms with E-state index >= 15 is 0 Å². The van der Waals surface area contributed by atoms with Gasteiger partial charge in [0.2, 0.25) is 17.8 Å². The molecule has 3 aromatic rings. The lowest BCUT2D eigenvalue weighted by Crippen LogP contribution is -2.36. The monoisotopic (exact) mass is 504 g/mol. The minimum absolute atomic E-state index is 0.0331. The van der Waals surface area contributed by atoms with Gasteiger partial charge in [-0.15, -0.1) is 0 Å². The Morgan fingerprint density at radius 1 is 0.919 bits per heavy atom. The van der Waals surface area contributed by atoms with E-state index in [9.17, 15) is 9.18 Å².